The summed E-state index contributed by atoms with van der Waals surface area (Å²) in [5.41, 5.74) is 6.52. The molecular formula is C15H22ClN3O2. The van der Waals surface area contributed by atoms with Crippen molar-refractivity contribution in [3.05, 3.63) is 28.8 Å². The summed E-state index contributed by atoms with van der Waals surface area (Å²) in [6.45, 7) is 2.46. The molecule has 0 saturated carbocycles. The number of nitrogens with one attached hydrogen (secondary N) is 1. The highest BCUT2D eigenvalue weighted by atomic mass is 35.5. The summed E-state index contributed by atoms with van der Waals surface area (Å²) in [7, 11) is 3.34. The fraction of sp³-hybridized carbons (Fsp3) is 0.467. The maximum absolute atomic E-state index is 12.0. The highest BCUT2D eigenvalue weighted by molar-refractivity contribution is 6.33. The van der Waals surface area contributed by atoms with E-state index in [-0.39, 0.29) is 17.7 Å². The fourth-order valence-electron chi connectivity index (χ4n) is 1.87. The maximum atomic E-state index is 12.0. The van der Waals surface area contributed by atoms with Gasteiger partial charge in [-0.25, -0.2) is 0 Å². The molecule has 0 spiro atoms. The van der Waals surface area contributed by atoms with Gasteiger partial charge >= 0.3 is 0 Å². The van der Waals surface area contributed by atoms with Crippen LogP contribution in [0.25, 0.3) is 0 Å². The van der Waals surface area contributed by atoms with E-state index in [4.69, 9.17) is 17.3 Å². The largest absolute Gasteiger partial charge is 0.345 e. The molecule has 1 rings (SSSR count). The van der Waals surface area contributed by atoms with Gasteiger partial charge in [0.2, 0.25) is 5.91 Å². The summed E-state index contributed by atoms with van der Waals surface area (Å²) >= 11 is 6.06. The van der Waals surface area contributed by atoms with Crippen molar-refractivity contribution in [2.75, 3.05) is 26.0 Å². The average Bonchev–Trinajstić information content (AvgIpc) is 2.46. The van der Waals surface area contributed by atoms with E-state index in [2.05, 4.69) is 5.32 Å². The molecule has 0 heterocycles. The Kier molecular flexibility index (Phi) is 6.65. The molecule has 0 saturated heterocycles. The normalized spacial score (nSPS) is 11.9. The van der Waals surface area contributed by atoms with Gasteiger partial charge < -0.3 is 16.0 Å². The standard InChI is InChI=1S/C15H22ClN3O2/c1-4-10(9-17)7-14(20)18-13-8-11(5-6-12(13)16)15(21)19(2)3/h5-6,8,10H,4,7,9,17H2,1-3H3,(H,18,20). The summed E-state index contributed by atoms with van der Waals surface area (Å²) < 4.78 is 0. The van der Waals surface area contributed by atoms with Gasteiger partial charge in [0.1, 0.15) is 0 Å². The maximum Gasteiger partial charge on any atom is 0.253 e. The number of benzene rings is 1. The van der Waals surface area contributed by atoms with E-state index in [0.717, 1.165) is 6.42 Å². The molecule has 0 aliphatic heterocycles. The van der Waals surface area contributed by atoms with Crippen molar-refractivity contribution >= 4 is 29.1 Å². The molecule has 0 radical (unpaired) electrons. The summed E-state index contributed by atoms with van der Waals surface area (Å²) in [4.78, 5) is 25.4. The number of hydrogen-bond acceptors (Lipinski definition) is 3. The first-order valence-corrected chi connectivity index (χ1v) is 7.27. The minimum atomic E-state index is -0.149. The van der Waals surface area contributed by atoms with Crippen LogP contribution in [0.1, 0.15) is 30.1 Å². The van der Waals surface area contributed by atoms with Crippen LogP contribution in [0.4, 0.5) is 5.69 Å². The van der Waals surface area contributed by atoms with Gasteiger partial charge in [-0.15, -0.1) is 0 Å². The second-order valence-corrected chi connectivity index (χ2v) is 5.56. The molecule has 1 unspecified atom stereocenters. The molecule has 1 aromatic rings. The molecule has 21 heavy (non-hydrogen) atoms. The van der Waals surface area contributed by atoms with E-state index < -0.39 is 0 Å². The minimum absolute atomic E-state index is 0.143. The van der Waals surface area contributed by atoms with Crippen molar-refractivity contribution in [2.24, 2.45) is 11.7 Å². The third-order valence-electron chi connectivity index (χ3n) is 3.28. The molecule has 2 amide bonds. The predicted octanol–water partition coefficient (Wildman–Crippen LogP) is 2.36. The Morgan fingerprint density at radius 3 is 2.57 bits per heavy atom. The van der Waals surface area contributed by atoms with Crippen molar-refractivity contribution in [1.29, 1.82) is 0 Å². The number of rotatable bonds is 6. The lowest BCUT2D eigenvalue weighted by Gasteiger charge is -2.15. The van der Waals surface area contributed by atoms with Crippen LogP contribution < -0.4 is 11.1 Å². The van der Waals surface area contributed by atoms with E-state index in [1.165, 1.54) is 4.90 Å². The topological polar surface area (TPSA) is 75.4 Å². The Labute approximate surface area is 130 Å². The number of amides is 2. The van der Waals surface area contributed by atoms with E-state index in [0.29, 0.717) is 29.2 Å². The molecule has 0 fully saturated rings. The van der Waals surface area contributed by atoms with Crippen LogP contribution in [-0.4, -0.2) is 37.4 Å². The summed E-state index contributed by atoms with van der Waals surface area (Å²) in [5, 5.41) is 3.15. The van der Waals surface area contributed by atoms with E-state index in [1.807, 2.05) is 6.92 Å². The molecule has 0 aliphatic rings. The molecule has 0 aliphatic carbocycles. The second kappa shape index (κ2) is 8.00. The van der Waals surface area contributed by atoms with Gasteiger partial charge in [0.05, 0.1) is 10.7 Å². The van der Waals surface area contributed by atoms with Crippen molar-refractivity contribution in [2.45, 2.75) is 19.8 Å². The lowest BCUT2D eigenvalue weighted by molar-refractivity contribution is -0.117. The van der Waals surface area contributed by atoms with Gasteiger partial charge in [0.25, 0.3) is 5.91 Å². The molecule has 1 atom stereocenters. The van der Waals surface area contributed by atoms with Crippen LogP contribution in [0.3, 0.4) is 0 Å². The Morgan fingerprint density at radius 2 is 2.05 bits per heavy atom. The van der Waals surface area contributed by atoms with Crippen LogP contribution in [0.15, 0.2) is 18.2 Å². The number of hydrogen-bond donors (Lipinski definition) is 2. The molecule has 1 aromatic carbocycles. The Bertz CT molecular complexity index is 514. The third-order valence-corrected chi connectivity index (χ3v) is 3.61. The molecule has 0 bridgehead atoms. The Hall–Kier alpha value is -1.59. The SMILES string of the molecule is CCC(CN)CC(=O)Nc1cc(C(=O)N(C)C)ccc1Cl. The van der Waals surface area contributed by atoms with Crippen molar-refractivity contribution < 1.29 is 9.59 Å². The molecule has 116 valence electrons. The van der Waals surface area contributed by atoms with E-state index in [1.54, 1.807) is 32.3 Å². The highest BCUT2D eigenvalue weighted by Gasteiger charge is 2.14. The smallest absolute Gasteiger partial charge is 0.253 e. The van der Waals surface area contributed by atoms with Crippen LogP contribution in [0.5, 0.6) is 0 Å². The van der Waals surface area contributed by atoms with Crippen molar-refractivity contribution in [3.8, 4) is 0 Å². The third kappa shape index (κ3) is 5.02. The number of carbonyl (C=O) groups excluding carboxylic acids is 2. The molecule has 5 nitrogen and oxygen atoms in total. The minimum Gasteiger partial charge on any atom is -0.345 e. The molecule has 6 heteroatoms. The Morgan fingerprint density at radius 1 is 1.38 bits per heavy atom. The number of carbonyl (C=O) groups is 2. The zero-order valence-electron chi connectivity index (χ0n) is 12.6. The summed E-state index contributed by atoms with van der Waals surface area (Å²) in [5.74, 6) is -0.144. The average molecular weight is 312 g/mol. The number of halogens is 1. The number of anilines is 1. The first kappa shape index (κ1) is 17.5. The number of nitrogens with zero attached hydrogens (tertiary/aromatic N) is 1. The van der Waals surface area contributed by atoms with Crippen LogP contribution >= 0.6 is 11.6 Å². The number of nitrogens with two attached hydrogens (primary N) is 1. The highest BCUT2D eigenvalue weighted by Crippen LogP contribution is 2.24. The van der Waals surface area contributed by atoms with Crippen molar-refractivity contribution in [3.63, 3.8) is 0 Å². The van der Waals surface area contributed by atoms with Gasteiger partial charge in [-0.05, 0) is 30.7 Å². The molecule has 0 aromatic heterocycles. The molecular weight excluding hydrogens is 290 g/mol. The first-order chi connectivity index (χ1) is 9.88. The lowest BCUT2D eigenvalue weighted by Crippen LogP contribution is -2.23. The van der Waals surface area contributed by atoms with Crippen LogP contribution in [0, 0.1) is 5.92 Å². The Balaban J connectivity index is 2.85. The fourth-order valence-corrected chi connectivity index (χ4v) is 2.03. The van der Waals surface area contributed by atoms with Gasteiger partial charge in [0, 0.05) is 26.1 Å². The zero-order valence-corrected chi connectivity index (χ0v) is 13.4. The van der Waals surface area contributed by atoms with Crippen LogP contribution in [0.2, 0.25) is 5.02 Å². The van der Waals surface area contributed by atoms with E-state index in [9.17, 15) is 9.59 Å². The quantitative estimate of drug-likeness (QED) is 0.846. The van der Waals surface area contributed by atoms with Gasteiger partial charge in [-0.3, -0.25) is 9.59 Å². The first-order valence-electron chi connectivity index (χ1n) is 6.90. The van der Waals surface area contributed by atoms with Gasteiger partial charge in [-0.1, -0.05) is 24.9 Å². The summed E-state index contributed by atoms with van der Waals surface area (Å²) in [6.07, 6.45) is 1.19. The van der Waals surface area contributed by atoms with Gasteiger partial charge in [0.15, 0.2) is 0 Å². The predicted molar refractivity (Wildman–Crippen MR) is 85.6 cm³/mol. The monoisotopic (exact) mass is 311 g/mol. The van der Waals surface area contributed by atoms with E-state index >= 15 is 0 Å². The summed E-state index contributed by atoms with van der Waals surface area (Å²) in [6, 6.07) is 4.83. The van der Waals surface area contributed by atoms with Crippen molar-refractivity contribution in [1.82, 2.24) is 4.90 Å². The lowest BCUT2D eigenvalue weighted by atomic mass is 10.0. The molecule has 3 N–H and O–H groups in total. The van der Waals surface area contributed by atoms with Crippen LogP contribution in [-0.2, 0) is 4.79 Å². The zero-order chi connectivity index (χ0) is 16.0. The van der Waals surface area contributed by atoms with Gasteiger partial charge in [-0.2, -0.15) is 0 Å². The second-order valence-electron chi connectivity index (χ2n) is 5.16.